The quantitative estimate of drug-likeness (QED) is 0.876. The van der Waals surface area contributed by atoms with Crippen molar-refractivity contribution < 1.29 is 18.3 Å². The van der Waals surface area contributed by atoms with Gasteiger partial charge in [0.25, 0.3) is 0 Å². The molecule has 0 saturated carbocycles. The van der Waals surface area contributed by atoms with Crippen LogP contribution in [0.15, 0.2) is 24.3 Å². The van der Waals surface area contributed by atoms with Crippen molar-refractivity contribution in [3.8, 4) is 0 Å². The van der Waals surface area contributed by atoms with Gasteiger partial charge in [0.15, 0.2) is 0 Å². The summed E-state index contributed by atoms with van der Waals surface area (Å²) in [6.45, 7) is 1.72. The fourth-order valence-electron chi connectivity index (χ4n) is 1.75. The van der Waals surface area contributed by atoms with Gasteiger partial charge in [0.2, 0.25) is 0 Å². The molecule has 0 heterocycles. The third kappa shape index (κ3) is 4.22. The van der Waals surface area contributed by atoms with Crippen LogP contribution in [0.1, 0.15) is 31.4 Å². The molecule has 0 aliphatic carbocycles. The summed E-state index contributed by atoms with van der Waals surface area (Å²) in [7, 11) is 1.60. The lowest BCUT2D eigenvalue weighted by Crippen LogP contribution is -2.25. The van der Waals surface area contributed by atoms with Crippen LogP contribution in [0.2, 0.25) is 0 Å². The Morgan fingerprint density at radius 3 is 2.44 bits per heavy atom. The number of halogens is 3. The van der Waals surface area contributed by atoms with Crippen LogP contribution < -0.4 is 4.90 Å². The van der Waals surface area contributed by atoms with Crippen molar-refractivity contribution >= 4 is 5.69 Å². The van der Waals surface area contributed by atoms with E-state index in [1.807, 2.05) is 6.92 Å². The highest BCUT2D eigenvalue weighted by molar-refractivity contribution is 5.54. The van der Waals surface area contributed by atoms with Crippen LogP contribution in [-0.2, 0) is 0 Å². The number of rotatable bonds is 5. The molecule has 1 aromatic carbocycles. The van der Waals surface area contributed by atoms with E-state index in [0.29, 0.717) is 17.7 Å². The summed E-state index contributed by atoms with van der Waals surface area (Å²) in [4.78, 5) is 1.53. The fourth-order valence-corrected chi connectivity index (χ4v) is 1.75. The topological polar surface area (TPSA) is 23.5 Å². The second kappa shape index (κ2) is 6.09. The van der Waals surface area contributed by atoms with E-state index in [4.69, 9.17) is 0 Å². The first-order valence-electron chi connectivity index (χ1n) is 5.90. The van der Waals surface area contributed by atoms with Gasteiger partial charge in [0, 0.05) is 24.8 Å². The van der Waals surface area contributed by atoms with Crippen LogP contribution in [0.5, 0.6) is 0 Å². The molecular weight excluding hydrogens is 243 g/mol. The highest BCUT2D eigenvalue weighted by Crippen LogP contribution is 2.28. The highest BCUT2D eigenvalue weighted by atomic mass is 19.4. The van der Waals surface area contributed by atoms with Gasteiger partial charge >= 0.3 is 6.18 Å². The Labute approximate surface area is 105 Å². The van der Waals surface area contributed by atoms with Crippen LogP contribution in [0.3, 0.4) is 0 Å². The zero-order valence-corrected chi connectivity index (χ0v) is 10.5. The van der Waals surface area contributed by atoms with E-state index < -0.39 is 18.7 Å². The molecule has 5 heteroatoms. The molecular formula is C13H18F3NO. The number of alkyl halides is 3. The van der Waals surface area contributed by atoms with Crippen molar-refractivity contribution in [3.63, 3.8) is 0 Å². The van der Waals surface area contributed by atoms with E-state index in [0.717, 1.165) is 0 Å². The summed E-state index contributed by atoms with van der Waals surface area (Å²) in [6, 6.07) is 7.00. The maximum absolute atomic E-state index is 12.2. The van der Waals surface area contributed by atoms with Crippen molar-refractivity contribution in [1.82, 2.24) is 0 Å². The van der Waals surface area contributed by atoms with Gasteiger partial charge in [-0.2, -0.15) is 13.2 Å². The Balaban J connectivity index is 2.82. The number of benzene rings is 1. The molecule has 1 N–H and O–H groups in total. The number of hydrogen-bond acceptors (Lipinski definition) is 2. The minimum atomic E-state index is -4.16. The van der Waals surface area contributed by atoms with Gasteiger partial charge < -0.3 is 10.0 Å². The third-order valence-electron chi connectivity index (χ3n) is 2.82. The number of hydrogen-bond donors (Lipinski definition) is 1. The van der Waals surface area contributed by atoms with Crippen molar-refractivity contribution in [2.45, 2.75) is 32.0 Å². The zero-order valence-electron chi connectivity index (χ0n) is 10.5. The van der Waals surface area contributed by atoms with Crippen LogP contribution in [0.25, 0.3) is 0 Å². The van der Waals surface area contributed by atoms with Crippen molar-refractivity contribution in [3.05, 3.63) is 29.8 Å². The molecule has 0 aromatic heterocycles. The van der Waals surface area contributed by atoms with Crippen LogP contribution in [0.4, 0.5) is 18.9 Å². The summed E-state index contributed by atoms with van der Waals surface area (Å²) in [5, 5.41) is 9.84. The van der Waals surface area contributed by atoms with Crippen LogP contribution in [-0.4, -0.2) is 24.9 Å². The van der Waals surface area contributed by atoms with E-state index in [1.54, 1.807) is 31.3 Å². The molecule has 0 amide bonds. The number of para-hydroxylation sites is 1. The minimum absolute atomic E-state index is 0.114. The largest absolute Gasteiger partial charge is 0.390 e. The summed E-state index contributed by atoms with van der Waals surface area (Å²) in [5.41, 5.74) is 1.32. The number of aliphatic hydroxyl groups is 1. The first-order chi connectivity index (χ1) is 8.35. The van der Waals surface area contributed by atoms with Gasteiger partial charge in [-0.1, -0.05) is 25.1 Å². The molecule has 0 fully saturated rings. The summed E-state index contributed by atoms with van der Waals surface area (Å²) in [5.74, 6) is 0. The molecule has 1 atom stereocenters. The van der Waals surface area contributed by atoms with Gasteiger partial charge in [0.05, 0.1) is 12.5 Å². The summed E-state index contributed by atoms with van der Waals surface area (Å²) >= 11 is 0. The van der Waals surface area contributed by atoms with Gasteiger partial charge in [-0.25, -0.2) is 0 Å². The van der Waals surface area contributed by atoms with Crippen LogP contribution >= 0.6 is 0 Å². The van der Waals surface area contributed by atoms with Gasteiger partial charge in [-0.05, 0) is 12.5 Å². The lowest BCUT2D eigenvalue weighted by atomic mass is 10.0. The number of aliphatic hydroxyl groups excluding tert-OH is 1. The molecule has 0 saturated heterocycles. The van der Waals surface area contributed by atoms with Gasteiger partial charge in [-0.3, -0.25) is 0 Å². The molecule has 1 aromatic rings. The molecule has 102 valence electrons. The predicted molar refractivity (Wildman–Crippen MR) is 65.6 cm³/mol. The summed E-state index contributed by atoms with van der Waals surface area (Å²) in [6.07, 6.45) is -5.13. The third-order valence-corrected chi connectivity index (χ3v) is 2.82. The second-order valence-corrected chi connectivity index (χ2v) is 4.27. The van der Waals surface area contributed by atoms with Crippen molar-refractivity contribution in [2.75, 3.05) is 18.5 Å². The molecule has 0 spiro atoms. The normalized spacial score (nSPS) is 13.4. The molecule has 18 heavy (non-hydrogen) atoms. The van der Waals surface area contributed by atoms with E-state index in [2.05, 4.69) is 0 Å². The molecule has 0 unspecified atom stereocenters. The molecule has 0 bridgehead atoms. The Morgan fingerprint density at radius 1 is 1.28 bits per heavy atom. The Kier molecular flexibility index (Phi) is 5.02. The molecule has 0 aliphatic rings. The average Bonchev–Trinajstić information content (AvgIpc) is 2.34. The predicted octanol–water partition coefficient (Wildman–Crippen LogP) is 3.52. The first kappa shape index (κ1) is 14.8. The van der Waals surface area contributed by atoms with Crippen LogP contribution in [0, 0.1) is 0 Å². The molecule has 2 nitrogen and oxygen atoms in total. The monoisotopic (exact) mass is 261 g/mol. The molecule has 1 rings (SSSR count). The Hall–Kier alpha value is -1.23. The molecule has 0 radical (unpaired) electrons. The van der Waals surface area contributed by atoms with E-state index in [1.165, 1.54) is 4.90 Å². The Bertz CT molecular complexity index is 379. The average molecular weight is 261 g/mol. The number of anilines is 1. The highest BCUT2D eigenvalue weighted by Gasteiger charge is 2.27. The zero-order chi connectivity index (χ0) is 13.8. The van der Waals surface area contributed by atoms with Gasteiger partial charge in [0.1, 0.15) is 0 Å². The lowest BCUT2D eigenvalue weighted by molar-refractivity contribution is -0.132. The first-order valence-corrected chi connectivity index (χ1v) is 5.90. The second-order valence-electron chi connectivity index (χ2n) is 4.27. The van der Waals surface area contributed by atoms with E-state index in [9.17, 15) is 18.3 Å². The number of nitrogens with zero attached hydrogens (tertiary/aromatic N) is 1. The lowest BCUT2D eigenvalue weighted by Gasteiger charge is -2.24. The maximum atomic E-state index is 12.2. The maximum Gasteiger partial charge on any atom is 0.390 e. The Morgan fingerprint density at radius 2 is 1.89 bits per heavy atom. The SMILES string of the molecule is CC[C@H](O)c1ccccc1N(C)CCC(F)(F)F. The van der Waals surface area contributed by atoms with Crippen molar-refractivity contribution in [2.24, 2.45) is 0 Å². The smallest absolute Gasteiger partial charge is 0.388 e. The standard InChI is InChI=1S/C13H18F3NO/c1-3-12(18)10-6-4-5-7-11(10)17(2)9-8-13(14,15)16/h4-7,12,18H,3,8-9H2,1-2H3/t12-/m0/s1. The van der Waals surface area contributed by atoms with E-state index in [-0.39, 0.29) is 6.54 Å². The van der Waals surface area contributed by atoms with Crippen molar-refractivity contribution in [1.29, 1.82) is 0 Å². The summed E-state index contributed by atoms with van der Waals surface area (Å²) < 4.78 is 36.5. The molecule has 0 aliphatic heterocycles. The minimum Gasteiger partial charge on any atom is -0.388 e. The van der Waals surface area contributed by atoms with Gasteiger partial charge in [-0.15, -0.1) is 0 Å². The van der Waals surface area contributed by atoms with E-state index >= 15 is 0 Å². The fraction of sp³-hybridized carbons (Fsp3) is 0.538.